The van der Waals surface area contributed by atoms with Crippen molar-refractivity contribution in [2.75, 3.05) is 14.2 Å². The van der Waals surface area contributed by atoms with Gasteiger partial charge in [-0.25, -0.2) is 0 Å². The van der Waals surface area contributed by atoms with Crippen molar-refractivity contribution >= 4 is 11.8 Å². The van der Waals surface area contributed by atoms with Crippen molar-refractivity contribution in [3.63, 3.8) is 0 Å². The van der Waals surface area contributed by atoms with Gasteiger partial charge in [0.25, 0.3) is 0 Å². The van der Waals surface area contributed by atoms with Gasteiger partial charge in [0.15, 0.2) is 5.78 Å². The first-order valence-corrected chi connectivity index (χ1v) is 6.26. The maximum absolute atomic E-state index is 12.3. The number of hydrogen-bond acceptors (Lipinski definition) is 4. The van der Waals surface area contributed by atoms with Crippen LogP contribution in [0, 0.1) is 5.41 Å². The van der Waals surface area contributed by atoms with Crippen molar-refractivity contribution in [3.8, 4) is 11.5 Å². The first kappa shape index (κ1) is 16.0. The number of benzene rings is 1. The molecule has 0 aliphatic carbocycles. The van der Waals surface area contributed by atoms with E-state index in [-0.39, 0.29) is 18.6 Å². The average Bonchev–Trinajstić information content (AvgIpc) is 2.35. The Hall–Kier alpha value is -2.04. The molecule has 0 saturated carbocycles. The van der Waals surface area contributed by atoms with Crippen molar-refractivity contribution in [3.05, 3.63) is 23.8 Å². The number of hydrogen-bond donors (Lipinski definition) is 1. The number of carboxylic acid groups (broad SMARTS) is 1. The molecule has 0 saturated heterocycles. The highest BCUT2D eigenvalue weighted by Crippen LogP contribution is 2.31. The quantitative estimate of drug-likeness (QED) is 0.777. The van der Waals surface area contributed by atoms with E-state index in [9.17, 15) is 9.59 Å². The van der Waals surface area contributed by atoms with Gasteiger partial charge in [0.1, 0.15) is 11.5 Å². The molecule has 0 radical (unpaired) electrons. The Labute approximate surface area is 118 Å². The highest BCUT2D eigenvalue weighted by Gasteiger charge is 2.27. The van der Waals surface area contributed by atoms with E-state index in [0.29, 0.717) is 17.1 Å². The smallest absolute Gasteiger partial charge is 0.303 e. The van der Waals surface area contributed by atoms with Crippen LogP contribution in [0.4, 0.5) is 0 Å². The molecule has 5 nitrogen and oxygen atoms in total. The summed E-state index contributed by atoms with van der Waals surface area (Å²) in [7, 11) is 3.01. The lowest BCUT2D eigenvalue weighted by molar-refractivity contribution is -0.139. The Morgan fingerprint density at radius 1 is 1.15 bits per heavy atom. The van der Waals surface area contributed by atoms with E-state index < -0.39 is 11.4 Å². The van der Waals surface area contributed by atoms with E-state index in [0.717, 1.165) is 0 Å². The third-order valence-corrected chi connectivity index (χ3v) is 2.98. The van der Waals surface area contributed by atoms with Crippen LogP contribution in [-0.2, 0) is 4.79 Å². The van der Waals surface area contributed by atoms with Crippen molar-refractivity contribution in [2.24, 2.45) is 5.41 Å². The van der Waals surface area contributed by atoms with Gasteiger partial charge in [0, 0.05) is 12.5 Å². The van der Waals surface area contributed by atoms with Crippen LogP contribution in [0.5, 0.6) is 11.5 Å². The number of ketones is 1. The molecule has 0 bridgehead atoms. The fourth-order valence-electron chi connectivity index (χ4n) is 2.03. The second-order valence-corrected chi connectivity index (χ2v) is 5.40. The Balaban J connectivity index is 2.95. The lowest BCUT2D eigenvalue weighted by Gasteiger charge is -2.21. The van der Waals surface area contributed by atoms with Crippen LogP contribution < -0.4 is 9.47 Å². The molecular formula is C15H20O5. The van der Waals surface area contributed by atoms with Crippen LogP contribution in [0.2, 0.25) is 0 Å². The van der Waals surface area contributed by atoms with Gasteiger partial charge in [-0.2, -0.15) is 0 Å². The predicted octanol–water partition coefficient (Wildman–Crippen LogP) is 2.78. The third kappa shape index (κ3) is 4.26. The maximum atomic E-state index is 12.3. The van der Waals surface area contributed by atoms with Gasteiger partial charge < -0.3 is 14.6 Å². The van der Waals surface area contributed by atoms with Gasteiger partial charge in [0.05, 0.1) is 26.2 Å². The fourth-order valence-corrected chi connectivity index (χ4v) is 2.03. The maximum Gasteiger partial charge on any atom is 0.303 e. The fraction of sp³-hybridized carbons (Fsp3) is 0.467. The molecule has 0 atom stereocenters. The van der Waals surface area contributed by atoms with E-state index >= 15 is 0 Å². The molecule has 1 aromatic carbocycles. The molecule has 1 N–H and O–H groups in total. The van der Waals surface area contributed by atoms with E-state index in [1.807, 2.05) is 0 Å². The second-order valence-electron chi connectivity index (χ2n) is 5.40. The summed E-state index contributed by atoms with van der Waals surface area (Å²) in [5, 5.41) is 8.85. The Bertz CT molecular complexity index is 505. The van der Waals surface area contributed by atoms with Gasteiger partial charge in [-0.05, 0) is 17.5 Å². The van der Waals surface area contributed by atoms with Crippen LogP contribution >= 0.6 is 0 Å². The summed E-state index contributed by atoms with van der Waals surface area (Å²) in [6.45, 7) is 3.52. The summed E-state index contributed by atoms with van der Waals surface area (Å²) in [6, 6.07) is 4.95. The highest BCUT2D eigenvalue weighted by atomic mass is 16.5. The third-order valence-electron chi connectivity index (χ3n) is 2.98. The molecule has 0 aromatic heterocycles. The molecule has 5 heteroatoms. The molecule has 0 amide bonds. The van der Waals surface area contributed by atoms with Crippen LogP contribution in [0.3, 0.4) is 0 Å². The van der Waals surface area contributed by atoms with E-state index in [1.165, 1.54) is 14.2 Å². The minimum Gasteiger partial charge on any atom is -0.497 e. The number of rotatable bonds is 7. The Morgan fingerprint density at radius 2 is 1.80 bits per heavy atom. The topological polar surface area (TPSA) is 72.8 Å². The largest absolute Gasteiger partial charge is 0.497 e. The van der Waals surface area contributed by atoms with Gasteiger partial charge in [-0.1, -0.05) is 13.8 Å². The lowest BCUT2D eigenvalue weighted by Crippen LogP contribution is -2.21. The second kappa shape index (κ2) is 6.41. The van der Waals surface area contributed by atoms with E-state index in [1.54, 1.807) is 32.0 Å². The molecule has 0 unspecified atom stereocenters. The minimum absolute atomic E-state index is 0.0583. The number of carbonyl (C=O) groups is 2. The molecule has 20 heavy (non-hydrogen) atoms. The number of ether oxygens (including phenoxy) is 2. The van der Waals surface area contributed by atoms with Crippen LogP contribution in [0.15, 0.2) is 18.2 Å². The van der Waals surface area contributed by atoms with Crippen LogP contribution in [-0.4, -0.2) is 31.1 Å². The first-order chi connectivity index (χ1) is 9.29. The lowest BCUT2D eigenvalue weighted by atomic mass is 9.82. The van der Waals surface area contributed by atoms with Crippen LogP contribution in [0.1, 0.15) is 37.0 Å². The van der Waals surface area contributed by atoms with Gasteiger partial charge >= 0.3 is 5.97 Å². The number of carbonyl (C=O) groups excluding carboxylic acids is 1. The minimum atomic E-state index is -0.913. The Morgan fingerprint density at radius 3 is 2.30 bits per heavy atom. The summed E-state index contributed by atoms with van der Waals surface area (Å²) < 4.78 is 10.3. The average molecular weight is 280 g/mol. The number of carboxylic acids is 1. The molecule has 0 heterocycles. The summed E-state index contributed by atoms with van der Waals surface area (Å²) in [6.07, 6.45) is 0.0825. The molecule has 1 aromatic rings. The standard InChI is InChI=1S/C15H20O5/c1-15(2,9-14(17)18)8-12(16)11-6-5-10(19-3)7-13(11)20-4/h5-7H,8-9H2,1-4H3,(H,17,18). The van der Waals surface area contributed by atoms with Gasteiger partial charge in [0.2, 0.25) is 0 Å². The monoisotopic (exact) mass is 280 g/mol. The summed E-state index contributed by atoms with van der Waals surface area (Å²) >= 11 is 0. The van der Waals surface area contributed by atoms with Gasteiger partial charge in [-0.3, -0.25) is 9.59 Å². The summed E-state index contributed by atoms with van der Waals surface area (Å²) in [5.74, 6) is -0.0241. The number of methoxy groups -OCH3 is 2. The highest BCUT2D eigenvalue weighted by molar-refractivity contribution is 5.99. The number of Topliss-reactive ketones (excluding diaryl/α,β-unsaturated/α-hetero) is 1. The molecule has 0 fully saturated rings. The van der Waals surface area contributed by atoms with Crippen molar-refractivity contribution in [1.82, 2.24) is 0 Å². The first-order valence-electron chi connectivity index (χ1n) is 6.26. The van der Waals surface area contributed by atoms with E-state index in [2.05, 4.69) is 0 Å². The molecular weight excluding hydrogens is 260 g/mol. The molecule has 1 rings (SSSR count). The predicted molar refractivity (Wildman–Crippen MR) is 74.5 cm³/mol. The molecule has 0 spiro atoms. The summed E-state index contributed by atoms with van der Waals surface area (Å²) in [5.41, 5.74) is -0.166. The van der Waals surface area contributed by atoms with Crippen LogP contribution in [0.25, 0.3) is 0 Å². The summed E-state index contributed by atoms with van der Waals surface area (Å²) in [4.78, 5) is 23.1. The zero-order chi connectivity index (χ0) is 15.3. The van der Waals surface area contributed by atoms with Crippen molar-refractivity contribution in [1.29, 1.82) is 0 Å². The SMILES string of the molecule is COc1ccc(C(=O)CC(C)(C)CC(=O)O)c(OC)c1. The zero-order valence-electron chi connectivity index (χ0n) is 12.2. The molecule has 110 valence electrons. The zero-order valence-corrected chi connectivity index (χ0v) is 12.2. The van der Waals surface area contributed by atoms with E-state index in [4.69, 9.17) is 14.6 Å². The number of aliphatic carboxylic acids is 1. The van der Waals surface area contributed by atoms with Gasteiger partial charge in [-0.15, -0.1) is 0 Å². The molecule has 0 aliphatic heterocycles. The van der Waals surface area contributed by atoms with Crippen molar-refractivity contribution < 1.29 is 24.2 Å². The Kier molecular flexibility index (Phi) is 5.13. The normalized spacial score (nSPS) is 11.0. The van der Waals surface area contributed by atoms with Crippen molar-refractivity contribution in [2.45, 2.75) is 26.7 Å². The molecule has 0 aliphatic rings.